The summed E-state index contributed by atoms with van der Waals surface area (Å²) in [6, 6.07) is -0.780. The lowest BCUT2D eigenvalue weighted by molar-refractivity contribution is -0.143. The predicted octanol–water partition coefficient (Wildman–Crippen LogP) is 8.04. The maximum absolute atomic E-state index is 12.0. The van der Waals surface area contributed by atoms with Crippen molar-refractivity contribution in [3.05, 3.63) is 0 Å². The molecule has 200 valence electrons. The van der Waals surface area contributed by atoms with Crippen LogP contribution < -0.4 is 5.32 Å². The molecule has 0 heterocycles. The molecule has 35 heavy (non-hydrogen) atoms. The van der Waals surface area contributed by atoms with Crippen LogP contribution >= 0.6 is 0 Å². The average molecular weight is 488 g/mol. The molecule has 1 unspecified atom stereocenters. The zero-order valence-electron chi connectivity index (χ0n) is 23.1. The third kappa shape index (κ3) is 22.3. The second-order valence-corrected chi connectivity index (χ2v) is 9.93. The van der Waals surface area contributed by atoms with Crippen molar-refractivity contribution < 1.29 is 14.7 Å². The molecule has 0 aromatic rings. The lowest BCUT2D eigenvalue weighted by atomic mass is 9.99. The average Bonchev–Trinajstić information content (AvgIpc) is 2.85. The number of hydrogen-bond donors (Lipinski definition) is 2. The first-order valence-electron chi connectivity index (χ1n) is 14.5. The van der Waals surface area contributed by atoms with Crippen molar-refractivity contribution in [2.45, 2.75) is 155 Å². The number of nitrogens with one attached hydrogen (secondary N) is 1. The van der Waals surface area contributed by atoms with E-state index in [2.05, 4.69) is 35.9 Å². The van der Waals surface area contributed by atoms with Gasteiger partial charge in [0.1, 0.15) is 6.04 Å². The molecule has 0 radical (unpaired) electrons. The summed E-state index contributed by atoms with van der Waals surface area (Å²) in [7, 11) is 0. The summed E-state index contributed by atoms with van der Waals surface area (Å²) in [6.45, 7) is 6.06. The van der Waals surface area contributed by atoms with Crippen LogP contribution in [0.4, 0.5) is 0 Å². The third-order valence-corrected chi connectivity index (χ3v) is 6.65. The second-order valence-electron chi connectivity index (χ2n) is 9.93. The van der Waals surface area contributed by atoms with Crippen molar-refractivity contribution in [3.63, 3.8) is 0 Å². The highest BCUT2D eigenvalue weighted by molar-refractivity contribution is 5.83. The minimum Gasteiger partial charge on any atom is -0.480 e. The first-order valence-corrected chi connectivity index (χ1v) is 14.5. The molecule has 0 aromatic heterocycles. The Morgan fingerprint density at radius 3 is 1.54 bits per heavy atom. The van der Waals surface area contributed by atoms with Crippen LogP contribution in [0.5, 0.6) is 0 Å². The zero-order valence-corrected chi connectivity index (χ0v) is 23.1. The Labute approximate surface area is 216 Å². The Kier molecular flexibility index (Phi) is 23.8. The molecule has 2 N–H and O–H groups in total. The molecule has 0 fully saturated rings. The van der Waals surface area contributed by atoms with E-state index in [1.165, 1.54) is 64.2 Å². The molecule has 4 nitrogen and oxygen atoms in total. The van der Waals surface area contributed by atoms with Crippen molar-refractivity contribution in [1.82, 2.24) is 5.32 Å². The number of unbranched alkanes of at least 4 members (excludes halogenated alkanes) is 16. The summed E-state index contributed by atoms with van der Waals surface area (Å²) >= 11 is 0. The number of hydrogen-bond acceptors (Lipinski definition) is 2. The minimum absolute atomic E-state index is 0.0601. The van der Waals surface area contributed by atoms with E-state index in [9.17, 15) is 14.7 Å². The molecule has 1 amide bonds. The van der Waals surface area contributed by atoms with Crippen molar-refractivity contribution in [3.8, 4) is 23.7 Å². The van der Waals surface area contributed by atoms with E-state index < -0.39 is 12.0 Å². The summed E-state index contributed by atoms with van der Waals surface area (Å²) in [4.78, 5) is 23.3. The van der Waals surface area contributed by atoms with Crippen LogP contribution in [0.2, 0.25) is 0 Å². The number of carboxylic acids is 1. The molecule has 2 atom stereocenters. The van der Waals surface area contributed by atoms with E-state index in [-0.39, 0.29) is 11.8 Å². The maximum atomic E-state index is 12.0. The summed E-state index contributed by atoms with van der Waals surface area (Å²) < 4.78 is 0. The van der Waals surface area contributed by atoms with Crippen molar-refractivity contribution in [2.75, 3.05) is 0 Å². The van der Waals surface area contributed by atoms with Gasteiger partial charge in [0.05, 0.1) is 0 Å². The molecular formula is C31H53NO3. The van der Waals surface area contributed by atoms with Gasteiger partial charge in [-0.25, -0.2) is 4.79 Å². The monoisotopic (exact) mass is 487 g/mol. The Morgan fingerprint density at radius 2 is 1.11 bits per heavy atom. The lowest BCUT2D eigenvalue weighted by Crippen LogP contribution is -2.44. The summed E-state index contributed by atoms with van der Waals surface area (Å²) in [5, 5.41) is 11.9. The smallest absolute Gasteiger partial charge is 0.326 e. The highest BCUT2D eigenvalue weighted by atomic mass is 16.4. The van der Waals surface area contributed by atoms with Crippen LogP contribution in [0.1, 0.15) is 149 Å². The van der Waals surface area contributed by atoms with Crippen LogP contribution in [0.25, 0.3) is 0 Å². The highest BCUT2D eigenvalue weighted by Crippen LogP contribution is 2.12. The quantitative estimate of drug-likeness (QED) is 0.120. The molecule has 0 saturated heterocycles. The fourth-order valence-electron chi connectivity index (χ4n) is 4.05. The van der Waals surface area contributed by atoms with Crippen molar-refractivity contribution >= 4 is 11.9 Å². The van der Waals surface area contributed by atoms with Gasteiger partial charge in [0.15, 0.2) is 0 Å². The van der Waals surface area contributed by atoms with Gasteiger partial charge in [-0.2, -0.15) is 0 Å². The van der Waals surface area contributed by atoms with Crippen LogP contribution in [0.3, 0.4) is 0 Å². The van der Waals surface area contributed by atoms with Gasteiger partial charge in [0.2, 0.25) is 5.91 Å². The van der Waals surface area contributed by atoms with Gasteiger partial charge in [0.25, 0.3) is 0 Å². The standard InChI is InChI=1S/C31H53NO3/c1-4-6-7-8-9-10-11-12-13-14-15-16-17-18-19-20-21-22-23-24-25-26-27-29(33)32-30(31(34)35)28(3)5-2/h28,30H,4-15,20-27H2,1-3H3,(H,32,33)(H,34,35)/t28?,30-/m0/s1. The molecule has 0 saturated carbocycles. The normalized spacial score (nSPS) is 12.1. The number of carboxylic acid groups (broad SMARTS) is 1. The van der Waals surface area contributed by atoms with E-state index in [4.69, 9.17) is 0 Å². The molecule has 0 aromatic carbocycles. The van der Waals surface area contributed by atoms with Crippen LogP contribution in [-0.2, 0) is 9.59 Å². The number of rotatable bonds is 22. The maximum Gasteiger partial charge on any atom is 0.326 e. The van der Waals surface area contributed by atoms with Crippen LogP contribution in [0, 0.1) is 29.6 Å². The fourth-order valence-corrected chi connectivity index (χ4v) is 4.05. The Balaban J connectivity index is 3.52. The van der Waals surface area contributed by atoms with Gasteiger partial charge in [0, 0.05) is 19.3 Å². The highest BCUT2D eigenvalue weighted by Gasteiger charge is 2.24. The SMILES string of the molecule is CCCCCCCCCCCCC#CC#CCCCCCCCCC(=O)N[C@H](C(=O)O)C(C)CC. The Morgan fingerprint density at radius 1 is 0.686 bits per heavy atom. The zero-order chi connectivity index (χ0) is 26.0. The molecule has 0 spiro atoms. The number of carbonyl (C=O) groups excluding carboxylic acids is 1. The van der Waals surface area contributed by atoms with E-state index in [0.717, 1.165) is 57.8 Å². The van der Waals surface area contributed by atoms with Gasteiger partial charge in [-0.15, -0.1) is 0 Å². The largest absolute Gasteiger partial charge is 0.480 e. The first-order chi connectivity index (χ1) is 17.0. The number of carbonyl (C=O) groups is 2. The molecule has 0 aliphatic rings. The fraction of sp³-hybridized carbons (Fsp3) is 0.806. The molecular weight excluding hydrogens is 434 g/mol. The predicted molar refractivity (Wildman–Crippen MR) is 148 cm³/mol. The number of aliphatic carboxylic acids is 1. The van der Waals surface area contributed by atoms with Gasteiger partial charge in [-0.3, -0.25) is 4.79 Å². The second kappa shape index (κ2) is 25.2. The van der Waals surface area contributed by atoms with Gasteiger partial charge >= 0.3 is 5.97 Å². The van der Waals surface area contributed by atoms with E-state index in [1.807, 2.05) is 13.8 Å². The first kappa shape index (κ1) is 33.1. The Bertz CT molecular complexity index is 650. The van der Waals surface area contributed by atoms with Gasteiger partial charge in [-0.05, 0) is 37.0 Å². The minimum atomic E-state index is -0.948. The van der Waals surface area contributed by atoms with E-state index >= 15 is 0 Å². The van der Waals surface area contributed by atoms with Gasteiger partial charge < -0.3 is 10.4 Å². The molecule has 0 aliphatic heterocycles. The Hall–Kier alpha value is -1.94. The van der Waals surface area contributed by atoms with Gasteiger partial charge in [-0.1, -0.05) is 123 Å². The topological polar surface area (TPSA) is 66.4 Å². The van der Waals surface area contributed by atoms with E-state index in [1.54, 1.807) is 0 Å². The van der Waals surface area contributed by atoms with Crippen LogP contribution in [-0.4, -0.2) is 23.0 Å². The molecule has 4 heteroatoms. The molecule has 0 rings (SSSR count). The number of amides is 1. The molecule has 0 bridgehead atoms. The summed E-state index contributed by atoms with van der Waals surface area (Å²) in [5.41, 5.74) is 0. The third-order valence-electron chi connectivity index (χ3n) is 6.65. The van der Waals surface area contributed by atoms with Crippen LogP contribution in [0.15, 0.2) is 0 Å². The summed E-state index contributed by atoms with van der Waals surface area (Å²) in [5.74, 6) is 11.2. The van der Waals surface area contributed by atoms with Crippen molar-refractivity contribution in [1.29, 1.82) is 0 Å². The van der Waals surface area contributed by atoms with Crippen molar-refractivity contribution in [2.24, 2.45) is 5.92 Å². The molecule has 0 aliphatic carbocycles. The van der Waals surface area contributed by atoms with E-state index in [0.29, 0.717) is 6.42 Å². The summed E-state index contributed by atoms with van der Waals surface area (Å²) in [6.07, 6.45) is 22.9. The lowest BCUT2D eigenvalue weighted by Gasteiger charge is -2.20.